The van der Waals surface area contributed by atoms with Crippen LogP contribution in [0.4, 0.5) is 5.82 Å². The topological polar surface area (TPSA) is 92.2 Å². The van der Waals surface area contributed by atoms with Crippen molar-refractivity contribution in [2.45, 2.75) is 12.8 Å². The summed E-state index contributed by atoms with van der Waals surface area (Å²) in [7, 11) is 0. The number of carboxylic acids is 1. The Hall–Kier alpha value is -1.98. The summed E-state index contributed by atoms with van der Waals surface area (Å²) in [4.78, 5) is 21.2. The van der Waals surface area contributed by atoms with E-state index in [9.17, 15) is 9.59 Å². The molecule has 74 valence electrons. The van der Waals surface area contributed by atoms with Gasteiger partial charge in [-0.2, -0.15) is 5.10 Å². The summed E-state index contributed by atoms with van der Waals surface area (Å²) in [6, 6.07) is 3.20. The van der Waals surface area contributed by atoms with E-state index in [1.807, 2.05) is 0 Å². The molecule has 2 N–H and O–H groups in total. The molecule has 0 bridgehead atoms. The molecule has 0 aliphatic carbocycles. The number of carboxylic acid groups (broad SMARTS) is 1. The Bertz CT molecular complexity index is 326. The summed E-state index contributed by atoms with van der Waals surface area (Å²) in [6.45, 7) is 0. The van der Waals surface area contributed by atoms with E-state index in [1.165, 1.54) is 6.20 Å². The largest absolute Gasteiger partial charge is 0.481 e. The van der Waals surface area contributed by atoms with Crippen LogP contribution in [0.25, 0.3) is 0 Å². The van der Waals surface area contributed by atoms with Crippen molar-refractivity contribution >= 4 is 17.7 Å². The first-order valence-corrected chi connectivity index (χ1v) is 3.98. The molecule has 0 aliphatic heterocycles. The first kappa shape index (κ1) is 10.1. The third kappa shape index (κ3) is 3.61. The number of aromatic nitrogens is 2. The average molecular weight is 195 g/mol. The maximum Gasteiger partial charge on any atom is 0.303 e. The smallest absolute Gasteiger partial charge is 0.303 e. The van der Waals surface area contributed by atoms with Gasteiger partial charge in [0.1, 0.15) is 0 Å². The lowest BCUT2D eigenvalue weighted by molar-refractivity contribution is -0.138. The van der Waals surface area contributed by atoms with Crippen LogP contribution in [-0.4, -0.2) is 27.2 Å². The molecule has 0 radical (unpaired) electrons. The van der Waals surface area contributed by atoms with E-state index < -0.39 is 5.97 Å². The van der Waals surface area contributed by atoms with Crippen LogP contribution in [0.2, 0.25) is 0 Å². The minimum atomic E-state index is -1.00. The third-order valence-electron chi connectivity index (χ3n) is 1.41. The number of carbonyl (C=O) groups excluding carboxylic acids is 1. The molecule has 0 spiro atoms. The molecule has 0 saturated heterocycles. The second-order valence-corrected chi connectivity index (χ2v) is 2.55. The fourth-order valence-corrected chi connectivity index (χ4v) is 0.794. The Labute approximate surface area is 80.0 Å². The van der Waals surface area contributed by atoms with Gasteiger partial charge in [-0.25, -0.2) is 0 Å². The van der Waals surface area contributed by atoms with Gasteiger partial charge in [-0.3, -0.25) is 9.59 Å². The van der Waals surface area contributed by atoms with Crippen molar-refractivity contribution in [1.82, 2.24) is 10.2 Å². The van der Waals surface area contributed by atoms with Gasteiger partial charge >= 0.3 is 5.97 Å². The number of nitrogens with one attached hydrogen (secondary N) is 1. The maximum absolute atomic E-state index is 11.1. The summed E-state index contributed by atoms with van der Waals surface area (Å²) in [6.07, 6.45) is 1.23. The number of hydrogen-bond acceptors (Lipinski definition) is 4. The number of anilines is 1. The monoisotopic (exact) mass is 195 g/mol. The van der Waals surface area contributed by atoms with Crippen molar-refractivity contribution in [2.75, 3.05) is 5.32 Å². The van der Waals surface area contributed by atoms with E-state index in [-0.39, 0.29) is 18.7 Å². The van der Waals surface area contributed by atoms with Crippen molar-refractivity contribution in [3.63, 3.8) is 0 Å². The zero-order chi connectivity index (χ0) is 10.4. The molecule has 1 amide bonds. The molecule has 14 heavy (non-hydrogen) atoms. The third-order valence-corrected chi connectivity index (χ3v) is 1.41. The molecule has 6 heteroatoms. The van der Waals surface area contributed by atoms with Gasteiger partial charge in [0.15, 0.2) is 5.82 Å². The summed E-state index contributed by atoms with van der Waals surface area (Å²) in [5, 5.41) is 17.9. The van der Waals surface area contributed by atoms with Gasteiger partial charge in [0.2, 0.25) is 5.91 Å². The van der Waals surface area contributed by atoms with Crippen molar-refractivity contribution < 1.29 is 14.7 Å². The molecule has 0 saturated carbocycles. The zero-order valence-electron chi connectivity index (χ0n) is 7.30. The number of aliphatic carboxylic acids is 1. The van der Waals surface area contributed by atoms with Crippen LogP contribution in [0.1, 0.15) is 12.8 Å². The Morgan fingerprint density at radius 2 is 2.21 bits per heavy atom. The van der Waals surface area contributed by atoms with Gasteiger partial charge in [0, 0.05) is 12.6 Å². The van der Waals surface area contributed by atoms with E-state index in [2.05, 4.69) is 15.5 Å². The number of carbonyl (C=O) groups is 2. The summed E-state index contributed by atoms with van der Waals surface area (Å²) >= 11 is 0. The lowest BCUT2D eigenvalue weighted by Gasteiger charge is -2.00. The number of hydrogen-bond donors (Lipinski definition) is 2. The highest BCUT2D eigenvalue weighted by Gasteiger charge is 2.05. The average Bonchev–Trinajstić information content (AvgIpc) is 2.16. The second kappa shape index (κ2) is 4.90. The first-order chi connectivity index (χ1) is 6.68. The lowest BCUT2D eigenvalue weighted by atomic mass is 10.3. The van der Waals surface area contributed by atoms with Crippen LogP contribution in [0.3, 0.4) is 0 Å². The Morgan fingerprint density at radius 3 is 2.79 bits per heavy atom. The predicted octanol–water partition coefficient (Wildman–Crippen LogP) is 0.280. The van der Waals surface area contributed by atoms with Crippen LogP contribution in [-0.2, 0) is 9.59 Å². The van der Waals surface area contributed by atoms with Gasteiger partial charge in [0.25, 0.3) is 0 Å². The highest BCUT2D eigenvalue weighted by Crippen LogP contribution is 2.00. The maximum atomic E-state index is 11.1. The standard InChI is InChI=1S/C8H9N3O3/c12-7(3-4-8(13)14)10-6-2-1-5-9-11-6/h1-2,5H,3-4H2,(H,13,14)(H,10,11,12). The van der Waals surface area contributed by atoms with Gasteiger partial charge in [-0.05, 0) is 12.1 Å². The molecule has 0 aliphatic rings. The molecule has 0 atom stereocenters. The van der Waals surface area contributed by atoms with Crippen LogP contribution < -0.4 is 5.32 Å². The molecule has 1 aromatic heterocycles. The van der Waals surface area contributed by atoms with Crippen molar-refractivity contribution in [2.24, 2.45) is 0 Å². The normalized spacial score (nSPS) is 9.43. The highest BCUT2D eigenvalue weighted by atomic mass is 16.4. The van der Waals surface area contributed by atoms with E-state index in [1.54, 1.807) is 12.1 Å². The van der Waals surface area contributed by atoms with E-state index >= 15 is 0 Å². The minimum Gasteiger partial charge on any atom is -0.481 e. The van der Waals surface area contributed by atoms with Crippen LogP contribution in [0, 0.1) is 0 Å². The molecule has 6 nitrogen and oxygen atoms in total. The summed E-state index contributed by atoms with van der Waals surface area (Å²) in [5.74, 6) is -1.06. The van der Waals surface area contributed by atoms with Crippen molar-refractivity contribution in [1.29, 1.82) is 0 Å². The summed E-state index contributed by atoms with van der Waals surface area (Å²) < 4.78 is 0. The predicted molar refractivity (Wildman–Crippen MR) is 47.5 cm³/mol. The highest BCUT2D eigenvalue weighted by molar-refractivity contribution is 5.91. The summed E-state index contributed by atoms with van der Waals surface area (Å²) in [5.41, 5.74) is 0. The Kier molecular flexibility index (Phi) is 3.54. The van der Waals surface area contributed by atoms with E-state index in [0.29, 0.717) is 5.82 Å². The van der Waals surface area contributed by atoms with E-state index in [0.717, 1.165) is 0 Å². The SMILES string of the molecule is O=C(O)CCC(=O)Nc1cccnn1. The van der Waals surface area contributed by atoms with Gasteiger partial charge < -0.3 is 10.4 Å². The number of rotatable bonds is 4. The Morgan fingerprint density at radius 1 is 1.43 bits per heavy atom. The molecule has 1 rings (SSSR count). The van der Waals surface area contributed by atoms with Gasteiger partial charge in [0.05, 0.1) is 6.42 Å². The van der Waals surface area contributed by atoms with Crippen molar-refractivity contribution in [3.05, 3.63) is 18.3 Å². The van der Waals surface area contributed by atoms with Crippen LogP contribution in [0.5, 0.6) is 0 Å². The Balaban J connectivity index is 2.38. The molecule has 0 unspecified atom stereocenters. The first-order valence-electron chi connectivity index (χ1n) is 3.98. The fourth-order valence-electron chi connectivity index (χ4n) is 0.794. The van der Waals surface area contributed by atoms with Crippen LogP contribution >= 0.6 is 0 Å². The zero-order valence-corrected chi connectivity index (χ0v) is 7.30. The number of nitrogens with zero attached hydrogens (tertiary/aromatic N) is 2. The fraction of sp³-hybridized carbons (Fsp3) is 0.250. The molecular weight excluding hydrogens is 186 g/mol. The molecule has 0 aromatic carbocycles. The second-order valence-electron chi connectivity index (χ2n) is 2.55. The van der Waals surface area contributed by atoms with Crippen molar-refractivity contribution in [3.8, 4) is 0 Å². The lowest BCUT2D eigenvalue weighted by Crippen LogP contribution is -2.14. The molecular formula is C8H9N3O3. The molecule has 0 fully saturated rings. The quantitative estimate of drug-likeness (QED) is 0.719. The number of amides is 1. The minimum absolute atomic E-state index is 0.0636. The molecule has 1 heterocycles. The van der Waals surface area contributed by atoms with Crippen LogP contribution in [0.15, 0.2) is 18.3 Å². The van der Waals surface area contributed by atoms with Gasteiger partial charge in [-0.15, -0.1) is 5.10 Å². The molecule has 1 aromatic rings. The van der Waals surface area contributed by atoms with E-state index in [4.69, 9.17) is 5.11 Å². The van der Waals surface area contributed by atoms with Gasteiger partial charge in [-0.1, -0.05) is 0 Å².